The van der Waals surface area contributed by atoms with Gasteiger partial charge in [0, 0.05) is 12.8 Å². The van der Waals surface area contributed by atoms with Crippen molar-refractivity contribution in [3.8, 4) is 0 Å². The minimum atomic E-state index is -1.76. The number of esters is 1. The predicted octanol–water partition coefficient (Wildman–Crippen LogP) is 1.66. The number of halogens is 1. The first kappa shape index (κ1) is 25.4. The molecule has 0 bridgehead atoms. The van der Waals surface area contributed by atoms with Gasteiger partial charge < -0.3 is 26.7 Å². The first-order valence-corrected chi connectivity index (χ1v) is 11.3. The fourth-order valence-electron chi connectivity index (χ4n) is 4.37. The second-order valence-corrected chi connectivity index (χ2v) is 9.20. The Morgan fingerprint density at radius 3 is 1.68 bits per heavy atom. The van der Waals surface area contributed by atoms with Gasteiger partial charge in [0.25, 0.3) is 0 Å². The minimum absolute atomic E-state index is 0. The molecule has 1 heterocycles. The summed E-state index contributed by atoms with van der Waals surface area (Å²) < 4.78 is 6.93. The number of hydrogen-bond donors (Lipinski definition) is 1. The molecular weight excluding hydrogens is 410 g/mol. The Morgan fingerprint density at radius 1 is 0.839 bits per heavy atom. The van der Waals surface area contributed by atoms with E-state index in [2.05, 4.69) is 14.1 Å². The number of rotatable bonds is 4. The van der Waals surface area contributed by atoms with Crippen LogP contribution in [-0.2, 0) is 15.1 Å². The van der Waals surface area contributed by atoms with Crippen LogP contribution in [0.25, 0.3) is 0 Å². The van der Waals surface area contributed by atoms with Crippen molar-refractivity contribution < 1.29 is 31.5 Å². The zero-order valence-corrected chi connectivity index (χ0v) is 19.6. The van der Waals surface area contributed by atoms with E-state index >= 15 is 0 Å². The number of likely N-dealkylation sites (tertiary alicyclic amines) is 1. The SMILES string of the molecule is C[N+]1(C)CCCC1.O=C(OC1CCCCC1)C(O)(c1ccccc1)c1ccccc1.[Cl-]. The van der Waals surface area contributed by atoms with Crippen LogP contribution in [0.1, 0.15) is 56.1 Å². The summed E-state index contributed by atoms with van der Waals surface area (Å²) in [4.78, 5) is 12.9. The van der Waals surface area contributed by atoms with Gasteiger partial charge in [-0.05, 0) is 36.8 Å². The summed E-state index contributed by atoms with van der Waals surface area (Å²) in [7, 11) is 4.60. The van der Waals surface area contributed by atoms with E-state index < -0.39 is 11.6 Å². The molecular formula is C26H36ClNO3. The summed E-state index contributed by atoms with van der Waals surface area (Å²) >= 11 is 0. The highest BCUT2D eigenvalue weighted by molar-refractivity contribution is 5.85. The maximum Gasteiger partial charge on any atom is 0.347 e. The van der Waals surface area contributed by atoms with E-state index in [0.717, 1.165) is 25.7 Å². The van der Waals surface area contributed by atoms with E-state index in [-0.39, 0.29) is 18.5 Å². The van der Waals surface area contributed by atoms with Crippen LogP contribution in [0, 0.1) is 0 Å². The van der Waals surface area contributed by atoms with Crippen molar-refractivity contribution in [2.45, 2.75) is 56.7 Å². The van der Waals surface area contributed by atoms with Crippen LogP contribution in [-0.4, -0.2) is 48.8 Å². The smallest absolute Gasteiger partial charge is 0.347 e. The number of ether oxygens (including phenoxy) is 1. The molecule has 0 atom stereocenters. The second kappa shape index (κ2) is 11.7. The van der Waals surface area contributed by atoms with Gasteiger partial charge in [-0.1, -0.05) is 67.1 Å². The molecule has 0 aromatic heterocycles. The second-order valence-electron chi connectivity index (χ2n) is 9.20. The molecule has 2 fully saturated rings. The largest absolute Gasteiger partial charge is 1.00 e. The predicted molar refractivity (Wildman–Crippen MR) is 120 cm³/mol. The van der Waals surface area contributed by atoms with Gasteiger partial charge in [-0.2, -0.15) is 0 Å². The van der Waals surface area contributed by atoms with Crippen LogP contribution in [0.4, 0.5) is 0 Å². The van der Waals surface area contributed by atoms with Crippen molar-refractivity contribution in [2.75, 3.05) is 27.2 Å². The highest BCUT2D eigenvalue weighted by Crippen LogP contribution is 2.32. The number of quaternary nitrogens is 1. The molecule has 1 aliphatic carbocycles. The molecule has 1 saturated carbocycles. The summed E-state index contributed by atoms with van der Waals surface area (Å²) in [5.41, 5.74) is -0.695. The fourth-order valence-corrected chi connectivity index (χ4v) is 4.37. The van der Waals surface area contributed by atoms with Gasteiger partial charge in [-0.25, -0.2) is 4.79 Å². The molecule has 4 nitrogen and oxygen atoms in total. The molecule has 1 aliphatic heterocycles. The highest BCUT2D eigenvalue weighted by Gasteiger charge is 2.42. The van der Waals surface area contributed by atoms with Crippen molar-refractivity contribution >= 4 is 5.97 Å². The third-order valence-corrected chi connectivity index (χ3v) is 6.28. The quantitative estimate of drug-likeness (QED) is 0.575. The first-order chi connectivity index (χ1) is 14.4. The number of benzene rings is 2. The van der Waals surface area contributed by atoms with Gasteiger partial charge in [0.2, 0.25) is 5.60 Å². The standard InChI is InChI=1S/C20H22O3.C6H14N.ClH/c21-19(23-18-14-8-3-9-15-18)20(22,16-10-4-1-5-11-16)17-12-6-2-7-13-17;1-7(2)5-3-4-6-7;/h1-2,4-7,10-13,18,22H,3,8-9,14-15H2;3-6H2,1-2H3;1H/q;+1;/p-1. The normalized spacial score (nSPS) is 18.3. The lowest BCUT2D eigenvalue weighted by Crippen LogP contribution is -3.00. The van der Waals surface area contributed by atoms with E-state index in [1.165, 1.54) is 36.8 Å². The van der Waals surface area contributed by atoms with Crippen LogP contribution in [0.5, 0.6) is 0 Å². The molecule has 2 aliphatic rings. The molecule has 0 amide bonds. The maximum absolute atomic E-state index is 12.9. The molecule has 31 heavy (non-hydrogen) atoms. The van der Waals surface area contributed by atoms with Gasteiger partial charge in [-0.15, -0.1) is 0 Å². The van der Waals surface area contributed by atoms with Crippen molar-refractivity contribution in [1.29, 1.82) is 0 Å². The molecule has 4 rings (SSSR count). The number of nitrogens with zero attached hydrogens (tertiary/aromatic N) is 1. The average molecular weight is 446 g/mol. The monoisotopic (exact) mass is 445 g/mol. The van der Waals surface area contributed by atoms with E-state index in [1.807, 2.05) is 36.4 Å². The Morgan fingerprint density at radius 2 is 1.29 bits per heavy atom. The highest BCUT2D eigenvalue weighted by atomic mass is 35.5. The Labute approximate surface area is 193 Å². The Kier molecular flexibility index (Phi) is 9.54. The van der Waals surface area contributed by atoms with Gasteiger partial charge in [0.1, 0.15) is 6.10 Å². The molecule has 5 heteroatoms. The third kappa shape index (κ3) is 6.80. The van der Waals surface area contributed by atoms with Crippen molar-refractivity contribution in [1.82, 2.24) is 0 Å². The van der Waals surface area contributed by atoms with Crippen LogP contribution < -0.4 is 12.4 Å². The molecule has 1 N–H and O–H groups in total. The molecule has 0 spiro atoms. The summed E-state index contributed by atoms with van der Waals surface area (Å²) in [6.45, 7) is 2.78. The van der Waals surface area contributed by atoms with Gasteiger partial charge in [-0.3, -0.25) is 0 Å². The van der Waals surface area contributed by atoms with E-state index in [0.29, 0.717) is 11.1 Å². The first-order valence-electron chi connectivity index (χ1n) is 11.3. The number of carbonyl (C=O) groups is 1. The molecule has 1 saturated heterocycles. The lowest BCUT2D eigenvalue weighted by Gasteiger charge is -2.30. The summed E-state index contributed by atoms with van der Waals surface area (Å²) in [6, 6.07) is 18.0. The van der Waals surface area contributed by atoms with Gasteiger partial charge in [0.15, 0.2) is 0 Å². The lowest BCUT2D eigenvalue weighted by atomic mass is 9.86. The van der Waals surface area contributed by atoms with Crippen molar-refractivity contribution in [3.05, 3.63) is 71.8 Å². The molecule has 2 aromatic carbocycles. The molecule has 0 radical (unpaired) electrons. The molecule has 2 aromatic rings. The van der Waals surface area contributed by atoms with E-state index in [4.69, 9.17) is 4.74 Å². The van der Waals surface area contributed by atoms with E-state index in [1.54, 1.807) is 24.3 Å². The van der Waals surface area contributed by atoms with Crippen LogP contribution in [0.3, 0.4) is 0 Å². The lowest BCUT2D eigenvalue weighted by molar-refractivity contribution is -0.877. The van der Waals surface area contributed by atoms with Crippen LogP contribution >= 0.6 is 0 Å². The van der Waals surface area contributed by atoms with Gasteiger partial charge >= 0.3 is 5.97 Å². The van der Waals surface area contributed by atoms with Crippen molar-refractivity contribution in [2.24, 2.45) is 0 Å². The van der Waals surface area contributed by atoms with E-state index in [9.17, 15) is 9.90 Å². The fraction of sp³-hybridized carbons (Fsp3) is 0.500. The number of aliphatic hydroxyl groups is 1. The summed E-state index contributed by atoms with van der Waals surface area (Å²) in [6.07, 6.45) is 7.89. The third-order valence-electron chi connectivity index (χ3n) is 6.28. The zero-order chi connectivity index (χ0) is 21.5. The van der Waals surface area contributed by atoms with Crippen LogP contribution in [0.15, 0.2) is 60.7 Å². The minimum Gasteiger partial charge on any atom is -1.00 e. The molecule has 170 valence electrons. The Balaban J connectivity index is 0.000000364. The average Bonchev–Trinajstić information content (AvgIpc) is 3.19. The van der Waals surface area contributed by atoms with Crippen LogP contribution in [0.2, 0.25) is 0 Å². The zero-order valence-electron chi connectivity index (χ0n) is 18.8. The Hall–Kier alpha value is -1.88. The Bertz CT molecular complexity index is 741. The number of carbonyl (C=O) groups excluding carboxylic acids is 1. The molecule has 0 unspecified atom stereocenters. The number of hydrogen-bond acceptors (Lipinski definition) is 3. The maximum atomic E-state index is 12.9. The summed E-state index contributed by atoms with van der Waals surface area (Å²) in [5.74, 6) is -0.582. The van der Waals surface area contributed by atoms with Gasteiger partial charge in [0.05, 0.1) is 27.2 Å². The summed E-state index contributed by atoms with van der Waals surface area (Å²) in [5, 5.41) is 11.3. The van der Waals surface area contributed by atoms with Crippen molar-refractivity contribution in [3.63, 3.8) is 0 Å². The topological polar surface area (TPSA) is 46.5 Å².